The molecule has 0 radical (unpaired) electrons. The van der Waals surface area contributed by atoms with Crippen LogP contribution in [0.2, 0.25) is 0 Å². The van der Waals surface area contributed by atoms with Crippen molar-refractivity contribution in [3.8, 4) is 0 Å². The number of carbonyl (C=O) groups excluding carboxylic acids is 1. The molecule has 1 amide bonds. The van der Waals surface area contributed by atoms with E-state index < -0.39 is 5.97 Å². The number of carboxylic acids is 1. The maximum absolute atomic E-state index is 11.9. The standard InChI is InChI=1S/C25H49NO3/c1-20(2)10-7-11-21(3)12-8-13-22(4)14-9-15-23(5)18-19-26(6)24(27)16-17-25(28)29/h20-23H,7-19H2,1-6H3,(H,28,29). The first kappa shape index (κ1) is 27.9. The van der Waals surface area contributed by atoms with Crippen molar-refractivity contribution < 1.29 is 14.7 Å². The summed E-state index contributed by atoms with van der Waals surface area (Å²) in [5, 5.41) is 8.67. The van der Waals surface area contributed by atoms with Crippen LogP contribution < -0.4 is 0 Å². The minimum atomic E-state index is -0.908. The number of carbonyl (C=O) groups is 2. The second-order valence-corrected chi connectivity index (χ2v) is 10.00. The monoisotopic (exact) mass is 411 g/mol. The van der Waals surface area contributed by atoms with Crippen molar-refractivity contribution in [2.45, 2.75) is 112 Å². The lowest BCUT2D eigenvalue weighted by Gasteiger charge is -2.20. The van der Waals surface area contributed by atoms with Crippen LogP contribution in [0, 0.1) is 23.7 Å². The van der Waals surface area contributed by atoms with Crippen LogP contribution >= 0.6 is 0 Å². The Labute approximate surface area is 180 Å². The Balaban J connectivity index is 3.73. The van der Waals surface area contributed by atoms with Crippen molar-refractivity contribution in [2.75, 3.05) is 13.6 Å². The van der Waals surface area contributed by atoms with Gasteiger partial charge in [-0.1, -0.05) is 92.4 Å². The van der Waals surface area contributed by atoms with Gasteiger partial charge in [0, 0.05) is 20.0 Å². The molecule has 0 spiro atoms. The number of hydrogen-bond donors (Lipinski definition) is 1. The summed E-state index contributed by atoms with van der Waals surface area (Å²) in [6, 6.07) is 0. The zero-order valence-electron chi connectivity index (χ0n) is 20.2. The number of nitrogens with zero attached hydrogens (tertiary/aromatic N) is 1. The Bertz CT molecular complexity index is 436. The lowest BCUT2D eigenvalue weighted by Crippen LogP contribution is -2.29. The average molecular weight is 412 g/mol. The quantitative estimate of drug-likeness (QED) is 0.270. The third kappa shape index (κ3) is 17.5. The Morgan fingerprint density at radius 2 is 1.10 bits per heavy atom. The van der Waals surface area contributed by atoms with Crippen LogP contribution in [0.5, 0.6) is 0 Å². The van der Waals surface area contributed by atoms with Gasteiger partial charge in [0.1, 0.15) is 0 Å². The fourth-order valence-corrected chi connectivity index (χ4v) is 3.88. The summed E-state index contributed by atoms with van der Waals surface area (Å²) in [4.78, 5) is 24.1. The Kier molecular flexibility index (Phi) is 16.1. The van der Waals surface area contributed by atoms with Crippen molar-refractivity contribution in [3.63, 3.8) is 0 Å². The molecule has 29 heavy (non-hydrogen) atoms. The molecule has 4 nitrogen and oxygen atoms in total. The maximum Gasteiger partial charge on any atom is 0.303 e. The topological polar surface area (TPSA) is 57.6 Å². The largest absolute Gasteiger partial charge is 0.481 e. The summed E-state index contributed by atoms with van der Waals surface area (Å²) in [6.45, 7) is 12.4. The van der Waals surface area contributed by atoms with Crippen LogP contribution in [-0.2, 0) is 9.59 Å². The Morgan fingerprint density at radius 1 is 0.690 bits per heavy atom. The molecule has 0 aliphatic rings. The smallest absolute Gasteiger partial charge is 0.303 e. The fraction of sp³-hybridized carbons (Fsp3) is 0.920. The minimum absolute atomic E-state index is 0.0633. The van der Waals surface area contributed by atoms with Gasteiger partial charge in [-0.15, -0.1) is 0 Å². The minimum Gasteiger partial charge on any atom is -0.481 e. The van der Waals surface area contributed by atoms with Crippen LogP contribution in [0.15, 0.2) is 0 Å². The molecular formula is C25H49NO3. The summed E-state index contributed by atoms with van der Waals surface area (Å²) in [7, 11) is 1.78. The van der Waals surface area contributed by atoms with Gasteiger partial charge in [0.2, 0.25) is 5.91 Å². The SMILES string of the molecule is CC(C)CCCC(C)CCCC(C)CCCC(C)CCN(C)C(=O)CCC(=O)O. The first-order chi connectivity index (χ1) is 13.6. The molecule has 1 N–H and O–H groups in total. The lowest BCUT2D eigenvalue weighted by atomic mass is 9.91. The summed E-state index contributed by atoms with van der Waals surface area (Å²) in [5.74, 6) is 2.16. The van der Waals surface area contributed by atoms with E-state index in [-0.39, 0.29) is 18.7 Å². The predicted molar refractivity (Wildman–Crippen MR) is 123 cm³/mol. The van der Waals surface area contributed by atoms with Gasteiger partial charge in [0.05, 0.1) is 6.42 Å². The molecule has 0 saturated carbocycles. The molecule has 0 aliphatic heterocycles. The van der Waals surface area contributed by atoms with E-state index in [2.05, 4.69) is 34.6 Å². The van der Waals surface area contributed by atoms with Gasteiger partial charge in [-0.05, 0) is 30.1 Å². The molecular weight excluding hydrogens is 362 g/mol. The first-order valence-corrected chi connectivity index (χ1v) is 12.1. The number of hydrogen-bond acceptors (Lipinski definition) is 2. The normalized spacial score (nSPS) is 14.6. The lowest BCUT2D eigenvalue weighted by molar-refractivity contribution is -0.140. The Morgan fingerprint density at radius 3 is 1.52 bits per heavy atom. The van der Waals surface area contributed by atoms with Gasteiger partial charge in [-0.2, -0.15) is 0 Å². The molecule has 0 aliphatic carbocycles. The molecule has 0 aromatic rings. The van der Waals surface area contributed by atoms with E-state index >= 15 is 0 Å². The summed E-state index contributed by atoms with van der Waals surface area (Å²) in [6.07, 6.45) is 13.0. The van der Waals surface area contributed by atoms with E-state index in [9.17, 15) is 9.59 Å². The molecule has 0 bridgehead atoms. The molecule has 0 saturated heterocycles. The summed E-state index contributed by atoms with van der Waals surface area (Å²) in [5.41, 5.74) is 0. The van der Waals surface area contributed by atoms with Crippen molar-refractivity contribution in [2.24, 2.45) is 23.7 Å². The molecule has 3 atom stereocenters. The summed E-state index contributed by atoms with van der Waals surface area (Å²) >= 11 is 0. The number of rotatable bonds is 18. The fourth-order valence-electron chi connectivity index (χ4n) is 3.88. The van der Waals surface area contributed by atoms with Gasteiger partial charge in [-0.3, -0.25) is 9.59 Å². The average Bonchev–Trinajstić information content (AvgIpc) is 2.63. The highest BCUT2D eigenvalue weighted by atomic mass is 16.4. The summed E-state index contributed by atoms with van der Waals surface area (Å²) < 4.78 is 0. The number of aliphatic carboxylic acids is 1. The predicted octanol–water partition coefficient (Wildman–Crippen LogP) is 6.77. The highest BCUT2D eigenvalue weighted by Gasteiger charge is 2.13. The van der Waals surface area contributed by atoms with Gasteiger partial charge in [0.15, 0.2) is 0 Å². The molecule has 0 heterocycles. The molecule has 0 aromatic heterocycles. The van der Waals surface area contributed by atoms with Gasteiger partial charge in [0.25, 0.3) is 0 Å². The van der Waals surface area contributed by atoms with E-state index in [0.29, 0.717) is 5.92 Å². The third-order valence-electron chi connectivity index (χ3n) is 6.20. The second kappa shape index (κ2) is 16.7. The van der Waals surface area contributed by atoms with E-state index in [0.717, 1.165) is 30.7 Å². The first-order valence-electron chi connectivity index (χ1n) is 12.1. The van der Waals surface area contributed by atoms with Gasteiger partial charge < -0.3 is 10.0 Å². The van der Waals surface area contributed by atoms with Crippen LogP contribution in [0.25, 0.3) is 0 Å². The van der Waals surface area contributed by atoms with Crippen molar-refractivity contribution in [3.05, 3.63) is 0 Å². The molecule has 0 aromatic carbocycles. The molecule has 0 fully saturated rings. The number of carboxylic acid groups (broad SMARTS) is 1. The zero-order valence-corrected chi connectivity index (χ0v) is 20.2. The van der Waals surface area contributed by atoms with Gasteiger partial charge in [-0.25, -0.2) is 0 Å². The van der Waals surface area contributed by atoms with Gasteiger partial charge >= 0.3 is 5.97 Å². The molecule has 4 heteroatoms. The third-order valence-corrected chi connectivity index (χ3v) is 6.20. The van der Waals surface area contributed by atoms with E-state index in [1.54, 1.807) is 11.9 Å². The highest BCUT2D eigenvalue weighted by molar-refractivity contribution is 5.80. The van der Waals surface area contributed by atoms with E-state index in [4.69, 9.17) is 5.11 Å². The molecule has 0 rings (SSSR count). The highest BCUT2D eigenvalue weighted by Crippen LogP contribution is 2.22. The van der Waals surface area contributed by atoms with E-state index in [1.807, 2.05) is 0 Å². The Hall–Kier alpha value is -1.06. The molecule has 172 valence electrons. The van der Waals surface area contributed by atoms with Crippen LogP contribution in [0.3, 0.4) is 0 Å². The second-order valence-electron chi connectivity index (χ2n) is 10.00. The van der Waals surface area contributed by atoms with Crippen molar-refractivity contribution in [1.82, 2.24) is 4.90 Å². The van der Waals surface area contributed by atoms with Crippen LogP contribution in [0.4, 0.5) is 0 Å². The van der Waals surface area contributed by atoms with Crippen LogP contribution in [0.1, 0.15) is 112 Å². The molecule has 3 unspecified atom stereocenters. The maximum atomic E-state index is 11.9. The van der Waals surface area contributed by atoms with Crippen molar-refractivity contribution in [1.29, 1.82) is 0 Å². The number of amides is 1. The zero-order chi connectivity index (χ0) is 22.2. The van der Waals surface area contributed by atoms with E-state index in [1.165, 1.54) is 57.8 Å². The van der Waals surface area contributed by atoms with Crippen LogP contribution in [-0.4, -0.2) is 35.5 Å². The van der Waals surface area contributed by atoms with Crippen molar-refractivity contribution >= 4 is 11.9 Å².